The van der Waals surface area contributed by atoms with Gasteiger partial charge in [0.05, 0.1) is 0 Å². The summed E-state index contributed by atoms with van der Waals surface area (Å²) in [5, 5.41) is 3.20. The normalized spacial score (nSPS) is 9.50. The zero-order valence-corrected chi connectivity index (χ0v) is 9.61. The monoisotopic (exact) mass is 173 g/mol. The Balaban J connectivity index is 0. The maximum absolute atomic E-state index is 3.20. The molecule has 0 aliphatic heterocycles. The molecule has 0 saturated carbocycles. The molecule has 0 aromatic rings. The highest BCUT2D eigenvalue weighted by Gasteiger charge is 1.94. The molecule has 0 bridgehead atoms. The van der Waals surface area contributed by atoms with E-state index in [1.165, 1.54) is 32.1 Å². The van der Waals surface area contributed by atoms with Crippen LogP contribution < -0.4 is 5.32 Å². The van der Waals surface area contributed by atoms with Crippen molar-refractivity contribution in [2.24, 2.45) is 0 Å². The Morgan fingerprint density at radius 1 is 0.917 bits per heavy atom. The van der Waals surface area contributed by atoms with Gasteiger partial charge in [-0.25, -0.2) is 0 Å². The van der Waals surface area contributed by atoms with Crippen molar-refractivity contribution in [1.29, 1.82) is 0 Å². The van der Waals surface area contributed by atoms with Crippen LogP contribution >= 0.6 is 0 Å². The van der Waals surface area contributed by atoms with E-state index in [1.807, 2.05) is 7.05 Å². The standard InChI is InChI=1S/C6H15N.C5H12/c1-4-6(5-2)7-3;1-3-5-4-2/h6-7H,4-5H2,1-3H3;3-5H2,1-2H3. The first kappa shape index (κ1) is 14.5. The summed E-state index contributed by atoms with van der Waals surface area (Å²) < 4.78 is 0. The van der Waals surface area contributed by atoms with Crippen molar-refractivity contribution in [1.82, 2.24) is 5.32 Å². The molecular weight excluding hydrogens is 146 g/mol. The molecule has 0 amide bonds. The summed E-state index contributed by atoms with van der Waals surface area (Å²) in [6, 6.07) is 0.736. The third kappa shape index (κ3) is 12.6. The second-order valence-corrected chi connectivity index (χ2v) is 3.16. The highest BCUT2D eigenvalue weighted by Crippen LogP contribution is 1.92. The molecule has 0 saturated heterocycles. The van der Waals surface area contributed by atoms with Crippen molar-refractivity contribution < 1.29 is 0 Å². The summed E-state index contributed by atoms with van der Waals surface area (Å²) in [5.41, 5.74) is 0. The van der Waals surface area contributed by atoms with Crippen molar-refractivity contribution in [3.63, 3.8) is 0 Å². The first-order chi connectivity index (χ1) is 5.76. The molecule has 76 valence electrons. The summed E-state index contributed by atoms with van der Waals surface area (Å²) in [6.45, 7) is 8.82. The zero-order chi connectivity index (χ0) is 9.82. The molecule has 1 nitrogen and oxygen atoms in total. The van der Waals surface area contributed by atoms with Gasteiger partial charge >= 0.3 is 0 Å². The highest BCUT2D eigenvalue weighted by molar-refractivity contribution is 4.56. The molecule has 0 aromatic heterocycles. The number of hydrogen-bond donors (Lipinski definition) is 1. The highest BCUT2D eigenvalue weighted by atomic mass is 14.9. The quantitative estimate of drug-likeness (QED) is 0.670. The fourth-order valence-electron chi connectivity index (χ4n) is 1.05. The number of nitrogens with one attached hydrogen (secondary N) is 1. The molecule has 0 atom stereocenters. The number of unbranched alkanes of at least 4 members (excludes halogenated alkanes) is 2. The van der Waals surface area contributed by atoms with Gasteiger partial charge in [0.15, 0.2) is 0 Å². The summed E-state index contributed by atoms with van der Waals surface area (Å²) in [5.74, 6) is 0. The van der Waals surface area contributed by atoms with Crippen molar-refractivity contribution >= 4 is 0 Å². The summed E-state index contributed by atoms with van der Waals surface area (Å²) in [4.78, 5) is 0. The first-order valence-corrected chi connectivity index (χ1v) is 5.43. The molecule has 0 radical (unpaired) electrons. The smallest absolute Gasteiger partial charge is 0.00588 e. The van der Waals surface area contributed by atoms with Crippen LogP contribution in [0.25, 0.3) is 0 Å². The second kappa shape index (κ2) is 13.5. The van der Waals surface area contributed by atoms with E-state index in [2.05, 4.69) is 33.0 Å². The maximum Gasteiger partial charge on any atom is 0.00588 e. The van der Waals surface area contributed by atoms with E-state index in [1.54, 1.807) is 0 Å². The van der Waals surface area contributed by atoms with Crippen LogP contribution in [0, 0.1) is 0 Å². The predicted molar refractivity (Wildman–Crippen MR) is 58.6 cm³/mol. The van der Waals surface area contributed by atoms with Crippen LogP contribution in [0.4, 0.5) is 0 Å². The molecule has 0 spiro atoms. The lowest BCUT2D eigenvalue weighted by Crippen LogP contribution is -2.22. The van der Waals surface area contributed by atoms with E-state index >= 15 is 0 Å². The predicted octanol–water partition coefficient (Wildman–Crippen LogP) is 3.59. The second-order valence-electron chi connectivity index (χ2n) is 3.16. The van der Waals surface area contributed by atoms with Crippen LogP contribution in [-0.2, 0) is 0 Å². The molecule has 0 aromatic carbocycles. The molecule has 0 aliphatic carbocycles. The number of rotatable bonds is 5. The van der Waals surface area contributed by atoms with Crippen LogP contribution in [0.3, 0.4) is 0 Å². The van der Waals surface area contributed by atoms with Gasteiger partial charge in [-0.15, -0.1) is 0 Å². The topological polar surface area (TPSA) is 12.0 Å². The van der Waals surface area contributed by atoms with E-state index < -0.39 is 0 Å². The minimum atomic E-state index is 0.736. The Hall–Kier alpha value is -0.0400. The van der Waals surface area contributed by atoms with Crippen LogP contribution in [0.15, 0.2) is 0 Å². The Labute approximate surface area is 78.9 Å². The van der Waals surface area contributed by atoms with Crippen LogP contribution in [0.1, 0.15) is 59.8 Å². The van der Waals surface area contributed by atoms with Gasteiger partial charge in [0, 0.05) is 6.04 Å². The third-order valence-electron chi connectivity index (χ3n) is 2.10. The zero-order valence-electron chi connectivity index (χ0n) is 9.61. The minimum absolute atomic E-state index is 0.736. The Morgan fingerprint density at radius 2 is 1.33 bits per heavy atom. The van der Waals surface area contributed by atoms with Gasteiger partial charge in [-0.2, -0.15) is 0 Å². The molecular formula is C11H27N. The molecule has 0 fully saturated rings. The van der Waals surface area contributed by atoms with Crippen molar-refractivity contribution in [3.8, 4) is 0 Å². The van der Waals surface area contributed by atoms with Gasteiger partial charge in [0.1, 0.15) is 0 Å². The van der Waals surface area contributed by atoms with Gasteiger partial charge in [-0.05, 0) is 19.9 Å². The van der Waals surface area contributed by atoms with E-state index in [-0.39, 0.29) is 0 Å². The Kier molecular flexibility index (Phi) is 16.3. The molecule has 1 heteroatoms. The van der Waals surface area contributed by atoms with Crippen LogP contribution in [0.5, 0.6) is 0 Å². The van der Waals surface area contributed by atoms with E-state index in [4.69, 9.17) is 0 Å². The van der Waals surface area contributed by atoms with E-state index in [9.17, 15) is 0 Å². The van der Waals surface area contributed by atoms with Gasteiger partial charge in [0.2, 0.25) is 0 Å². The molecule has 0 heterocycles. The van der Waals surface area contributed by atoms with Crippen molar-refractivity contribution in [3.05, 3.63) is 0 Å². The number of hydrogen-bond acceptors (Lipinski definition) is 1. The van der Waals surface area contributed by atoms with Crippen LogP contribution in [0.2, 0.25) is 0 Å². The molecule has 0 aliphatic rings. The lowest BCUT2D eigenvalue weighted by molar-refractivity contribution is 0.531. The van der Waals surface area contributed by atoms with Gasteiger partial charge in [-0.3, -0.25) is 0 Å². The molecule has 0 rings (SSSR count). The average molecular weight is 173 g/mol. The van der Waals surface area contributed by atoms with Gasteiger partial charge in [-0.1, -0.05) is 47.0 Å². The lowest BCUT2D eigenvalue weighted by atomic mass is 10.2. The minimum Gasteiger partial charge on any atom is -0.317 e. The Morgan fingerprint density at radius 3 is 1.33 bits per heavy atom. The molecule has 1 N–H and O–H groups in total. The van der Waals surface area contributed by atoms with Crippen LogP contribution in [-0.4, -0.2) is 13.1 Å². The van der Waals surface area contributed by atoms with Gasteiger partial charge < -0.3 is 5.32 Å². The lowest BCUT2D eigenvalue weighted by Gasteiger charge is -2.08. The molecule has 12 heavy (non-hydrogen) atoms. The van der Waals surface area contributed by atoms with E-state index in [0.717, 1.165) is 6.04 Å². The summed E-state index contributed by atoms with van der Waals surface area (Å²) in [7, 11) is 2.01. The largest absolute Gasteiger partial charge is 0.317 e. The average Bonchev–Trinajstić information content (AvgIpc) is 2.10. The summed E-state index contributed by atoms with van der Waals surface area (Å²) in [6.07, 6.45) is 6.56. The SMILES string of the molecule is CCC(CC)NC.CCCCC. The maximum atomic E-state index is 3.20. The fourth-order valence-corrected chi connectivity index (χ4v) is 1.05. The Bertz CT molecular complexity index is 50.5. The van der Waals surface area contributed by atoms with Crippen molar-refractivity contribution in [2.75, 3.05) is 7.05 Å². The fraction of sp³-hybridized carbons (Fsp3) is 1.00. The van der Waals surface area contributed by atoms with Gasteiger partial charge in [0.25, 0.3) is 0 Å². The first-order valence-electron chi connectivity index (χ1n) is 5.43. The summed E-state index contributed by atoms with van der Waals surface area (Å²) >= 11 is 0. The molecule has 0 unspecified atom stereocenters. The van der Waals surface area contributed by atoms with E-state index in [0.29, 0.717) is 0 Å². The third-order valence-corrected chi connectivity index (χ3v) is 2.10. The van der Waals surface area contributed by atoms with Crippen molar-refractivity contribution in [2.45, 2.75) is 65.8 Å².